The Morgan fingerprint density at radius 3 is 2.95 bits per heavy atom. The van der Waals surface area contributed by atoms with Gasteiger partial charge in [-0.1, -0.05) is 6.92 Å². The number of hydrogen-bond donors (Lipinski definition) is 1. The van der Waals surface area contributed by atoms with E-state index in [1.807, 2.05) is 20.8 Å². The predicted molar refractivity (Wildman–Crippen MR) is 81.5 cm³/mol. The Morgan fingerprint density at radius 1 is 1.48 bits per heavy atom. The van der Waals surface area contributed by atoms with Gasteiger partial charge in [0.1, 0.15) is 0 Å². The first-order valence-electron chi connectivity index (χ1n) is 7.62. The van der Waals surface area contributed by atoms with Crippen molar-refractivity contribution in [2.24, 2.45) is 0 Å². The topological polar surface area (TPSA) is 67.4 Å². The van der Waals surface area contributed by atoms with Crippen LogP contribution in [-0.2, 0) is 4.79 Å². The van der Waals surface area contributed by atoms with Gasteiger partial charge in [0, 0.05) is 37.9 Å². The van der Waals surface area contributed by atoms with Crippen LogP contribution in [0, 0.1) is 0 Å². The summed E-state index contributed by atoms with van der Waals surface area (Å²) in [5.74, 6) is 1.43. The molecule has 0 aliphatic carbocycles. The molecule has 1 aliphatic heterocycles. The van der Waals surface area contributed by atoms with E-state index in [-0.39, 0.29) is 18.1 Å². The van der Waals surface area contributed by atoms with E-state index in [2.05, 4.69) is 20.2 Å². The van der Waals surface area contributed by atoms with Gasteiger partial charge >= 0.3 is 0 Å². The molecule has 1 N–H and O–H groups in total. The van der Waals surface area contributed by atoms with Gasteiger partial charge < -0.3 is 15.0 Å². The highest BCUT2D eigenvalue weighted by molar-refractivity contribution is 5.76. The van der Waals surface area contributed by atoms with Gasteiger partial charge in [-0.2, -0.15) is 0 Å². The molecule has 0 aromatic carbocycles. The van der Waals surface area contributed by atoms with Crippen LogP contribution in [-0.4, -0.2) is 41.1 Å². The normalized spacial score (nSPS) is 18.7. The summed E-state index contributed by atoms with van der Waals surface area (Å²) in [6.45, 7) is 7.47. The summed E-state index contributed by atoms with van der Waals surface area (Å²) in [4.78, 5) is 22.4. The minimum atomic E-state index is 0.0563. The van der Waals surface area contributed by atoms with E-state index in [0.29, 0.717) is 12.3 Å². The van der Waals surface area contributed by atoms with Crippen molar-refractivity contribution in [3.05, 3.63) is 12.4 Å². The first-order valence-corrected chi connectivity index (χ1v) is 7.62. The number of carbonyl (C=O) groups is 1. The van der Waals surface area contributed by atoms with Crippen molar-refractivity contribution >= 4 is 11.7 Å². The fraction of sp³-hybridized carbons (Fsp3) is 0.667. The largest absolute Gasteiger partial charge is 0.472 e. The highest BCUT2D eigenvalue weighted by Crippen LogP contribution is 2.26. The lowest BCUT2D eigenvalue weighted by Crippen LogP contribution is -2.48. The number of piperidine rings is 1. The Labute approximate surface area is 125 Å². The van der Waals surface area contributed by atoms with Crippen LogP contribution >= 0.6 is 0 Å². The molecule has 21 heavy (non-hydrogen) atoms. The van der Waals surface area contributed by atoms with E-state index in [9.17, 15) is 4.79 Å². The molecule has 116 valence electrons. The maximum atomic E-state index is 11.6. The third-order valence-corrected chi connectivity index (χ3v) is 3.40. The fourth-order valence-electron chi connectivity index (χ4n) is 2.46. The van der Waals surface area contributed by atoms with Gasteiger partial charge in [0.2, 0.25) is 5.91 Å². The van der Waals surface area contributed by atoms with E-state index in [1.54, 1.807) is 12.4 Å². The van der Waals surface area contributed by atoms with Gasteiger partial charge in [-0.3, -0.25) is 4.79 Å². The summed E-state index contributed by atoms with van der Waals surface area (Å²) in [6.07, 6.45) is 5.91. The molecule has 1 aromatic heterocycles. The molecule has 0 saturated carbocycles. The molecule has 0 spiro atoms. The zero-order valence-corrected chi connectivity index (χ0v) is 13.0. The summed E-state index contributed by atoms with van der Waals surface area (Å²) in [7, 11) is 0. The van der Waals surface area contributed by atoms with Crippen LogP contribution in [0.15, 0.2) is 12.4 Å². The molecule has 0 radical (unpaired) electrons. The quantitative estimate of drug-likeness (QED) is 0.895. The predicted octanol–water partition coefficient (Wildman–Crippen LogP) is 1.76. The van der Waals surface area contributed by atoms with Crippen LogP contribution in [0.25, 0.3) is 0 Å². The number of anilines is 1. The number of nitrogens with zero attached hydrogens (tertiary/aromatic N) is 3. The van der Waals surface area contributed by atoms with Gasteiger partial charge in [0.15, 0.2) is 5.82 Å². The molecule has 2 heterocycles. The maximum Gasteiger partial charge on any atom is 0.257 e. The standard InChI is InChI=1S/C15H24N4O2/c1-4-13(20)18-12-6-5-9-19(10-12)14-15(21-11(2)3)17-8-7-16-14/h7-8,11-12H,4-6,9-10H2,1-3H3,(H,18,20). The fourth-order valence-corrected chi connectivity index (χ4v) is 2.46. The van der Waals surface area contributed by atoms with E-state index >= 15 is 0 Å². The van der Waals surface area contributed by atoms with Crippen LogP contribution in [0.4, 0.5) is 5.82 Å². The molecule has 1 aliphatic rings. The van der Waals surface area contributed by atoms with Crippen molar-refractivity contribution in [2.75, 3.05) is 18.0 Å². The smallest absolute Gasteiger partial charge is 0.257 e. The van der Waals surface area contributed by atoms with Crippen molar-refractivity contribution in [2.45, 2.75) is 52.2 Å². The Kier molecular flexibility index (Phi) is 5.36. The first kappa shape index (κ1) is 15.5. The Morgan fingerprint density at radius 2 is 2.24 bits per heavy atom. The molecule has 2 rings (SSSR count). The lowest BCUT2D eigenvalue weighted by Gasteiger charge is -2.34. The molecular formula is C15H24N4O2. The summed E-state index contributed by atoms with van der Waals surface area (Å²) >= 11 is 0. The molecule has 6 heteroatoms. The van der Waals surface area contributed by atoms with E-state index in [0.717, 1.165) is 31.7 Å². The number of nitrogens with one attached hydrogen (secondary N) is 1. The highest BCUT2D eigenvalue weighted by Gasteiger charge is 2.24. The molecule has 6 nitrogen and oxygen atoms in total. The Balaban J connectivity index is 2.08. The molecule has 1 atom stereocenters. The van der Waals surface area contributed by atoms with Crippen molar-refractivity contribution < 1.29 is 9.53 Å². The second kappa shape index (κ2) is 7.24. The summed E-state index contributed by atoms with van der Waals surface area (Å²) in [5.41, 5.74) is 0. The number of hydrogen-bond acceptors (Lipinski definition) is 5. The van der Waals surface area contributed by atoms with Gasteiger partial charge in [0.05, 0.1) is 6.10 Å². The lowest BCUT2D eigenvalue weighted by molar-refractivity contribution is -0.121. The molecule has 1 fully saturated rings. The SMILES string of the molecule is CCC(=O)NC1CCCN(c2nccnc2OC(C)C)C1. The van der Waals surface area contributed by atoms with E-state index in [1.165, 1.54) is 0 Å². The van der Waals surface area contributed by atoms with Gasteiger partial charge in [0.25, 0.3) is 5.88 Å². The number of amides is 1. The molecule has 1 unspecified atom stereocenters. The van der Waals surface area contributed by atoms with Crippen molar-refractivity contribution in [3.63, 3.8) is 0 Å². The number of aromatic nitrogens is 2. The van der Waals surface area contributed by atoms with Gasteiger partial charge in [-0.25, -0.2) is 9.97 Å². The first-order chi connectivity index (χ1) is 10.1. The molecule has 1 amide bonds. The minimum Gasteiger partial charge on any atom is -0.472 e. The second-order valence-corrected chi connectivity index (χ2v) is 5.56. The second-order valence-electron chi connectivity index (χ2n) is 5.56. The van der Waals surface area contributed by atoms with Crippen LogP contribution in [0.3, 0.4) is 0 Å². The van der Waals surface area contributed by atoms with Crippen LogP contribution in [0.5, 0.6) is 5.88 Å². The van der Waals surface area contributed by atoms with Crippen LogP contribution in [0.1, 0.15) is 40.0 Å². The Hall–Kier alpha value is -1.85. The van der Waals surface area contributed by atoms with Crippen molar-refractivity contribution in [1.29, 1.82) is 0 Å². The molecule has 1 aromatic rings. The van der Waals surface area contributed by atoms with Crippen molar-refractivity contribution in [1.82, 2.24) is 15.3 Å². The minimum absolute atomic E-state index is 0.0563. The van der Waals surface area contributed by atoms with Gasteiger partial charge in [-0.05, 0) is 26.7 Å². The highest BCUT2D eigenvalue weighted by atomic mass is 16.5. The third kappa shape index (κ3) is 4.31. The Bertz CT molecular complexity index is 478. The summed E-state index contributed by atoms with van der Waals surface area (Å²) in [5, 5.41) is 3.06. The van der Waals surface area contributed by atoms with Crippen LogP contribution in [0.2, 0.25) is 0 Å². The zero-order chi connectivity index (χ0) is 15.2. The summed E-state index contributed by atoms with van der Waals surface area (Å²) in [6, 6.07) is 0.167. The number of ether oxygens (including phenoxy) is 1. The lowest BCUT2D eigenvalue weighted by atomic mass is 10.1. The van der Waals surface area contributed by atoms with E-state index in [4.69, 9.17) is 4.74 Å². The number of carbonyl (C=O) groups excluding carboxylic acids is 1. The maximum absolute atomic E-state index is 11.6. The van der Waals surface area contributed by atoms with Gasteiger partial charge in [-0.15, -0.1) is 0 Å². The summed E-state index contributed by atoms with van der Waals surface area (Å²) < 4.78 is 5.73. The molecule has 1 saturated heterocycles. The monoisotopic (exact) mass is 292 g/mol. The molecular weight excluding hydrogens is 268 g/mol. The average molecular weight is 292 g/mol. The van der Waals surface area contributed by atoms with E-state index < -0.39 is 0 Å². The zero-order valence-electron chi connectivity index (χ0n) is 13.0. The average Bonchev–Trinajstić information content (AvgIpc) is 2.47. The number of rotatable bonds is 5. The molecule has 0 bridgehead atoms. The third-order valence-electron chi connectivity index (χ3n) is 3.40. The van der Waals surface area contributed by atoms with Crippen molar-refractivity contribution in [3.8, 4) is 5.88 Å². The van der Waals surface area contributed by atoms with Crippen LogP contribution < -0.4 is 15.0 Å².